The number of nitrogens with zero attached hydrogens (tertiary/aromatic N) is 2. The highest BCUT2D eigenvalue weighted by atomic mass is 16.5. The summed E-state index contributed by atoms with van der Waals surface area (Å²) in [4.78, 5) is 12.3. The molecule has 23 heavy (non-hydrogen) atoms. The van der Waals surface area contributed by atoms with Crippen molar-refractivity contribution in [2.24, 2.45) is 0 Å². The zero-order valence-corrected chi connectivity index (χ0v) is 14.1. The summed E-state index contributed by atoms with van der Waals surface area (Å²) in [5, 5.41) is 8.59. The molecule has 0 fully saturated rings. The number of aliphatic hydroxyl groups is 1. The molecule has 0 aliphatic carbocycles. The summed E-state index contributed by atoms with van der Waals surface area (Å²) < 4.78 is 5.74. The van der Waals surface area contributed by atoms with Gasteiger partial charge in [-0.15, -0.1) is 0 Å². The van der Waals surface area contributed by atoms with E-state index in [1.165, 1.54) is 0 Å². The molecule has 6 nitrogen and oxygen atoms in total. The number of H-pyrrole nitrogens is 1. The van der Waals surface area contributed by atoms with E-state index in [1.54, 1.807) is 6.92 Å². The molecule has 4 N–H and O–H groups in total. The summed E-state index contributed by atoms with van der Waals surface area (Å²) in [6, 6.07) is 7.88. The third-order valence-electron chi connectivity index (χ3n) is 3.44. The van der Waals surface area contributed by atoms with Crippen molar-refractivity contribution in [3.05, 3.63) is 30.1 Å². The number of rotatable bonds is 3. The van der Waals surface area contributed by atoms with Gasteiger partial charge in [-0.3, -0.25) is 0 Å². The Morgan fingerprint density at radius 1 is 1.22 bits per heavy atom. The molecule has 1 aromatic carbocycles. The Kier molecular flexibility index (Phi) is 5.18. The number of hydrogen-bond donors (Lipinski definition) is 3. The molecule has 3 aromatic rings. The van der Waals surface area contributed by atoms with E-state index >= 15 is 0 Å². The van der Waals surface area contributed by atoms with Gasteiger partial charge in [-0.25, -0.2) is 9.97 Å². The number of fused-ring (bicyclic) bond motifs is 3. The van der Waals surface area contributed by atoms with Crippen LogP contribution in [0.5, 0.6) is 0 Å². The fourth-order valence-electron chi connectivity index (χ4n) is 2.43. The fourth-order valence-corrected chi connectivity index (χ4v) is 2.43. The number of aromatic nitrogens is 3. The molecular weight excluding hydrogens is 292 g/mol. The standard InChI is InChI=1S/C15H18N4O.C2H6O/c1-4-20-15(2,3)14-18-11-9-7-5-6-8-10(9)17-13(16)12(11)19-14;1-2-3/h5-8H,4H2,1-3H3,(H2,16,17)(H,18,19);3H,2H2,1H3. The smallest absolute Gasteiger partial charge is 0.152 e. The van der Waals surface area contributed by atoms with Gasteiger partial charge in [0.15, 0.2) is 5.82 Å². The third-order valence-corrected chi connectivity index (χ3v) is 3.44. The summed E-state index contributed by atoms with van der Waals surface area (Å²) in [5.41, 5.74) is 8.01. The van der Waals surface area contributed by atoms with E-state index < -0.39 is 5.60 Å². The van der Waals surface area contributed by atoms with Crippen LogP contribution in [0, 0.1) is 0 Å². The van der Waals surface area contributed by atoms with Gasteiger partial charge in [0.05, 0.1) is 11.0 Å². The van der Waals surface area contributed by atoms with Crippen LogP contribution in [0.4, 0.5) is 5.82 Å². The van der Waals surface area contributed by atoms with E-state index in [4.69, 9.17) is 15.6 Å². The van der Waals surface area contributed by atoms with Gasteiger partial charge in [-0.1, -0.05) is 18.2 Å². The Bertz CT molecular complexity index is 796. The molecule has 0 saturated carbocycles. The second kappa shape index (κ2) is 6.93. The highest BCUT2D eigenvalue weighted by molar-refractivity contribution is 6.06. The summed E-state index contributed by atoms with van der Waals surface area (Å²) in [5.74, 6) is 1.20. The van der Waals surface area contributed by atoms with E-state index in [1.807, 2.05) is 45.0 Å². The first-order valence-electron chi connectivity index (χ1n) is 7.73. The molecule has 0 aliphatic rings. The van der Waals surface area contributed by atoms with Crippen LogP contribution in [0.2, 0.25) is 0 Å². The van der Waals surface area contributed by atoms with Crippen molar-refractivity contribution in [3.63, 3.8) is 0 Å². The van der Waals surface area contributed by atoms with E-state index in [-0.39, 0.29) is 6.61 Å². The summed E-state index contributed by atoms with van der Waals surface area (Å²) in [7, 11) is 0. The van der Waals surface area contributed by atoms with Crippen LogP contribution in [-0.2, 0) is 10.3 Å². The van der Waals surface area contributed by atoms with E-state index in [0.717, 1.165) is 22.2 Å². The number of pyridine rings is 1. The minimum atomic E-state index is -0.485. The molecule has 0 saturated heterocycles. The van der Waals surface area contributed by atoms with Crippen LogP contribution in [0.1, 0.15) is 33.5 Å². The minimum Gasteiger partial charge on any atom is -0.397 e. The Balaban J connectivity index is 0.000000595. The molecule has 124 valence electrons. The number of hydrogen-bond acceptors (Lipinski definition) is 5. The van der Waals surface area contributed by atoms with Gasteiger partial charge in [-0.2, -0.15) is 0 Å². The minimum absolute atomic E-state index is 0.250. The molecule has 0 aliphatic heterocycles. The molecule has 0 atom stereocenters. The number of nitrogens with one attached hydrogen (secondary N) is 1. The summed E-state index contributed by atoms with van der Waals surface area (Å²) in [6.07, 6.45) is 0. The Morgan fingerprint density at radius 3 is 2.52 bits per heavy atom. The zero-order valence-electron chi connectivity index (χ0n) is 14.1. The van der Waals surface area contributed by atoms with Gasteiger partial charge in [-0.05, 0) is 33.8 Å². The van der Waals surface area contributed by atoms with Crippen LogP contribution in [-0.4, -0.2) is 33.3 Å². The van der Waals surface area contributed by atoms with Crippen LogP contribution >= 0.6 is 0 Å². The van der Waals surface area contributed by atoms with Crippen molar-refractivity contribution in [1.29, 1.82) is 0 Å². The van der Waals surface area contributed by atoms with Crippen LogP contribution in [0.25, 0.3) is 21.9 Å². The molecular formula is C17H24N4O2. The number of nitrogen functional groups attached to an aromatic ring is 1. The van der Waals surface area contributed by atoms with Crippen molar-refractivity contribution in [1.82, 2.24) is 15.0 Å². The molecule has 0 amide bonds. The van der Waals surface area contributed by atoms with Gasteiger partial charge < -0.3 is 20.6 Å². The number of para-hydroxylation sites is 1. The van der Waals surface area contributed by atoms with E-state index in [0.29, 0.717) is 17.9 Å². The van der Waals surface area contributed by atoms with Gasteiger partial charge in [0, 0.05) is 18.6 Å². The third kappa shape index (κ3) is 3.43. The molecule has 0 radical (unpaired) electrons. The van der Waals surface area contributed by atoms with Gasteiger partial charge >= 0.3 is 0 Å². The predicted molar refractivity (Wildman–Crippen MR) is 93.2 cm³/mol. The Labute approximate surface area is 135 Å². The lowest BCUT2D eigenvalue weighted by Gasteiger charge is -2.21. The van der Waals surface area contributed by atoms with Crippen molar-refractivity contribution in [2.75, 3.05) is 18.9 Å². The maximum absolute atomic E-state index is 7.57. The lowest BCUT2D eigenvalue weighted by atomic mass is 10.1. The zero-order chi connectivity index (χ0) is 17.0. The maximum Gasteiger partial charge on any atom is 0.152 e. The summed E-state index contributed by atoms with van der Waals surface area (Å²) >= 11 is 0. The molecule has 0 bridgehead atoms. The first kappa shape index (κ1) is 17.2. The average molecular weight is 316 g/mol. The molecule has 3 rings (SSSR count). The molecule has 2 aromatic heterocycles. The number of ether oxygens (including phenoxy) is 1. The van der Waals surface area contributed by atoms with Crippen molar-refractivity contribution in [2.45, 2.75) is 33.3 Å². The highest BCUT2D eigenvalue weighted by Crippen LogP contribution is 2.30. The van der Waals surface area contributed by atoms with Crippen LogP contribution in [0.3, 0.4) is 0 Å². The monoisotopic (exact) mass is 316 g/mol. The van der Waals surface area contributed by atoms with Crippen molar-refractivity contribution in [3.8, 4) is 0 Å². The topological polar surface area (TPSA) is 97.1 Å². The predicted octanol–water partition coefficient (Wildman–Crippen LogP) is 2.96. The number of nitrogens with two attached hydrogens (primary N) is 1. The molecule has 0 unspecified atom stereocenters. The number of aliphatic hydroxyl groups excluding tert-OH is 1. The lowest BCUT2D eigenvalue weighted by Crippen LogP contribution is -2.23. The SMILES string of the molecule is CCO.CCOC(C)(C)c1nc2c(N)nc3ccccc3c2[nH]1. The average Bonchev–Trinajstić information content (AvgIpc) is 2.95. The lowest BCUT2D eigenvalue weighted by molar-refractivity contribution is -0.0199. The number of benzene rings is 1. The number of aromatic amines is 1. The first-order chi connectivity index (χ1) is 10.9. The van der Waals surface area contributed by atoms with Crippen LogP contribution < -0.4 is 5.73 Å². The van der Waals surface area contributed by atoms with Crippen LogP contribution in [0.15, 0.2) is 24.3 Å². The first-order valence-corrected chi connectivity index (χ1v) is 7.73. The van der Waals surface area contributed by atoms with E-state index in [2.05, 4.69) is 15.0 Å². The quantitative estimate of drug-likeness (QED) is 0.690. The second-order valence-corrected chi connectivity index (χ2v) is 5.58. The normalized spacial score (nSPS) is 11.5. The maximum atomic E-state index is 7.57. The Hall–Kier alpha value is -2.18. The highest BCUT2D eigenvalue weighted by Gasteiger charge is 2.26. The summed E-state index contributed by atoms with van der Waals surface area (Å²) in [6.45, 7) is 8.49. The van der Waals surface area contributed by atoms with Gasteiger partial charge in [0.2, 0.25) is 0 Å². The van der Waals surface area contributed by atoms with Crippen molar-refractivity contribution < 1.29 is 9.84 Å². The number of anilines is 1. The Morgan fingerprint density at radius 2 is 1.87 bits per heavy atom. The largest absolute Gasteiger partial charge is 0.397 e. The van der Waals surface area contributed by atoms with E-state index in [9.17, 15) is 0 Å². The molecule has 2 heterocycles. The van der Waals surface area contributed by atoms with Gasteiger partial charge in [0.25, 0.3) is 0 Å². The number of imidazole rings is 1. The van der Waals surface area contributed by atoms with Gasteiger partial charge in [0.1, 0.15) is 16.9 Å². The second-order valence-electron chi connectivity index (χ2n) is 5.58. The molecule has 6 heteroatoms. The molecule has 0 spiro atoms. The fraction of sp³-hybridized carbons (Fsp3) is 0.412. The van der Waals surface area contributed by atoms with Crippen molar-refractivity contribution >= 4 is 27.8 Å².